The van der Waals surface area contributed by atoms with E-state index in [1.165, 1.54) is 19.3 Å². The Morgan fingerprint density at radius 3 is 2.75 bits per heavy atom. The van der Waals surface area contributed by atoms with Crippen LogP contribution < -0.4 is 16.0 Å². The number of morpholine rings is 1. The molecule has 2 heterocycles. The molecule has 2 aliphatic rings. The quantitative estimate of drug-likeness (QED) is 0.863. The number of nitrogens with one attached hydrogen (secondary N) is 1. The lowest BCUT2D eigenvalue weighted by Crippen LogP contribution is -2.38. The zero-order chi connectivity index (χ0) is 16.8. The summed E-state index contributed by atoms with van der Waals surface area (Å²) in [5, 5.41) is 3.07. The summed E-state index contributed by atoms with van der Waals surface area (Å²) in [5.41, 5.74) is 6.77. The van der Waals surface area contributed by atoms with Gasteiger partial charge < -0.3 is 20.7 Å². The van der Waals surface area contributed by atoms with Crippen LogP contribution in [0.4, 0.5) is 11.5 Å². The van der Waals surface area contributed by atoms with Crippen molar-refractivity contribution in [2.45, 2.75) is 38.5 Å². The maximum atomic E-state index is 12.6. The first-order chi connectivity index (χ1) is 11.7. The average molecular weight is 332 g/mol. The number of amides is 1. The Morgan fingerprint density at radius 1 is 1.29 bits per heavy atom. The number of carbonyl (C=O) groups is 1. The molecule has 1 amide bonds. The van der Waals surface area contributed by atoms with Crippen LogP contribution in [-0.2, 0) is 9.53 Å². The number of rotatable bonds is 5. The van der Waals surface area contributed by atoms with Crippen molar-refractivity contribution >= 4 is 17.4 Å². The van der Waals surface area contributed by atoms with Crippen molar-refractivity contribution in [1.29, 1.82) is 0 Å². The molecule has 1 aromatic rings. The molecule has 0 spiro atoms. The minimum Gasteiger partial charge on any atom is -0.378 e. The van der Waals surface area contributed by atoms with Crippen LogP contribution in [0.25, 0.3) is 0 Å². The fourth-order valence-corrected chi connectivity index (χ4v) is 3.81. The highest BCUT2D eigenvalue weighted by Crippen LogP contribution is 2.38. The van der Waals surface area contributed by atoms with Gasteiger partial charge in [-0.3, -0.25) is 4.79 Å². The maximum Gasteiger partial charge on any atom is 0.225 e. The normalized spacial score (nSPS) is 20.6. The summed E-state index contributed by atoms with van der Waals surface area (Å²) in [6, 6.07) is 3.78. The zero-order valence-electron chi connectivity index (χ0n) is 14.3. The Kier molecular flexibility index (Phi) is 5.68. The van der Waals surface area contributed by atoms with E-state index < -0.39 is 0 Å². The van der Waals surface area contributed by atoms with Gasteiger partial charge in [0.25, 0.3) is 0 Å². The van der Waals surface area contributed by atoms with Crippen molar-refractivity contribution < 1.29 is 9.53 Å². The molecule has 1 aliphatic carbocycles. The summed E-state index contributed by atoms with van der Waals surface area (Å²) in [7, 11) is 0. The zero-order valence-corrected chi connectivity index (χ0v) is 14.3. The molecule has 0 aromatic carbocycles. The molecular formula is C18H28N4O2. The van der Waals surface area contributed by atoms with Gasteiger partial charge in [0.05, 0.1) is 18.9 Å². The number of carbonyl (C=O) groups excluding carboxylic acids is 1. The molecule has 2 fully saturated rings. The third-order valence-electron chi connectivity index (χ3n) is 5.25. The molecule has 132 valence electrons. The number of anilines is 2. The smallest absolute Gasteiger partial charge is 0.225 e. The lowest BCUT2D eigenvalue weighted by Gasteiger charge is -2.35. The minimum absolute atomic E-state index is 0.0241. The molecule has 1 aromatic heterocycles. The molecule has 6 heteroatoms. The van der Waals surface area contributed by atoms with Crippen LogP contribution in [-0.4, -0.2) is 43.7 Å². The fraction of sp³-hybridized carbons (Fsp3) is 0.667. The predicted molar refractivity (Wildman–Crippen MR) is 95.1 cm³/mol. The highest BCUT2D eigenvalue weighted by molar-refractivity contribution is 5.94. The summed E-state index contributed by atoms with van der Waals surface area (Å²) in [5.74, 6) is 0.879. The standard InChI is InChI=1S/C18H28N4O2/c19-14-18(6-2-1-3-7-18)13-16(23)21-15-5-4-8-20-17(15)22-9-11-24-12-10-22/h4-5,8H,1-3,6-7,9-14,19H2,(H,21,23). The molecular weight excluding hydrogens is 304 g/mol. The van der Waals surface area contributed by atoms with Crippen molar-refractivity contribution in [3.8, 4) is 0 Å². The van der Waals surface area contributed by atoms with Gasteiger partial charge in [0.2, 0.25) is 5.91 Å². The van der Waals surface area contributed by atoms with E-state index in [1.807, 2.05) is 12.1 Å². The Labute approximate surface area is 143 Å². The van der Waals surface area contributed by atoms with Gasteiger partial charge in [0, 0.05) is 25.7 Å². The van der Waals surface area contributed by atoms with Crippen molar-refractivity contribution in [1.82, 2.24) is 4.98 Å². The first-order valence-electron chi connectivity index (χ1n) is 9.00. The van der Waals surface area contributed by atoms with E-state index in [0.717, 1.165) is 37.4 Å². The number of nitrogens with two attached hydrogens (primary N) is 1. The van der Waals surface area contributed by atoms with Crippen molar-refractivity contribution in [2.75, 3.05) is 43.1 Å². The first kappa shape index (κ1) is 17.2. The lowest BCUT2D eigenvalue weighted by atomic mass is 9.71. The summed E-state index contributed by atoms with van der Waals surface area (Å²) >= 11 is 0. The van der Waals surface area contributed by atoms with Crippen LogP contribution in [0.15, 0.2) is 18.3 Å². The molecule has 1 saturated heterocycles. The van der Waals surface area contributed by atoms with Gasteiger partial charge in [0.15, 0.2) is 5.82 Å². The molecule has 0 bridgehead atoms. The second-order valence-corrected chi connectivity index (χ2v) is 6.96. The number of hydrogen-bond acceptors (Lipinski definition) is 5. The summed E-state index contributed by atoms with van der Waals surface area (Å²) in [6.45, 7) is 3.57. The molecule has 1 saturated carbocycles. The number of pyridine rings is 1. The van der Waals surface area contributed by atoms with Crippen LogP contribution >= 0.6 is 0 Å². The Balaban J connectivity index is 1.67. The van der Waals surface area contributed by atoms with E-state index in [-0.39, 0.29) is 11.3 Å². The monoisotopic (exact) mass is 332 g/mol. The van der Waals surface area contributed by atoms with Gasteiger partial charge >= 0.3 is 0 Å². The third kappa shape index (κ3) is 4.05. The number of hydrogen-bond donors (Lipinski definition) is 2. The van der Waals surface area contributed by atoms with Crippen molar-refractivity contribution in [3.63, 3.8) is 0 Å². The number of nitrogens with zero attached hydrogens (tertiary/aromatic N) is 2. The molecule has 24 heavy (non-hydrogen) atoms. The van der Waals surface area contributed by atoms with E-state index in [9.17, 15) is 4.79 Å². The Bertz CT molecular complexity index is 552. The fourth-order valence-electron chi connectivity index (χ4n) is 3.81. The Morgan fingerprint density at radius 2 is 2.04 bits per heavy atom. The molecule has 6 nitrogen and oxygen atoms in total. The van der Waals surface area contributed by atoms with Gasteiger partial charge in [0.1, 0.15) is 0 Å². The lowest BCUT2D eigenvalue weighted by molar-refractivity contribution is -0.118. The van der Waals surface area contributed by atoms with E-state index >= 15 is 0 Å². The van der Waals surface area contributed by atoms with Crippen LogP contribution in [0.3, 0.4) is 0 Å². The van der Waals surface area contributed by atoms with Crippen LogP contribution in [0.1, 0.15) is 38.5 Å². The van der Waals surface area contributed by atoms with E-state index in [4.69, 9.17) is 10.5 Å². The van der Waals surface area contributed by atoms with Crippen molar-refractivity contribution in [2.24, 2.45) is 11.1 Å². The minimum atomic E-state index is -0.0241. The van der Waals surface area contributed by atoms with Gasteiger partial charge in [-0.25, -0.2) is 4.98 Å². The maximum absolute atomic E-state index is 12.6. The molecule has 0 unspecified atom stereocenters. The summed E-state index contributed by atoms with van der Waals surface area (Å²) in [6.07, 6.45) is 7.99. The topological polar surface area (TPSA) is 80.5 Å². The molecule has 0 atom stereocenters. The van der Waals surface area contributed by atoms with Crippen LogP contribution in [0, 0.1) is 5.41 Å². The highest BCUT2D eigenvalue weighted by atomic mass is 16.5. The summed E-state index contributed by atoms with van der Waals surface area (Å²) in [4.78, 5) is 19.3. The number of ether oxygens (including phenoxy) is 1. The largest absolute Gasteiger partial charge is 0.378 e. The van der Waals surface area contributed by atoms with E-state index in [2.05, 4.69) is 15.2 Å². The molecule has 0 radical (unpaired) electrons. The molecule has 3 N–H and O–H groups in total. The van der Waals surface area contributed by atoms with Gasteiger partial charge in [-0.05, 0) is 36.9 Å². The first-order valence-corrected chi connectivity index (χ1v) is 9.00. The molecule has 3 rings (SSSR count). The van der Waals surface area contributed by atoms with Crippen LogP contribution in [0.2, 0.25) is 0 Å². The van der Waals surface area contributed by atoms with Crippen LogP contribution in [0.5, 0.6) is 0 Å². The van der Waals surface area contributed by atoms with E-state index in [1.54, 1.807) is 6.20 Å². The number of aromatic nitrogens is 1. The Hall–Kier alpha value is -1.66. The van der Waals surface area contributed by atoms with Gasteiger partial charge in [-0.2, -0.15) is 0 Å². The third-order valence-corrected chi connectivity index (χ3v) is 5.25. The molecule has 1 aliphatic heterocycles. The SMILES string of the molecule is NCC1(CC(=O)Nc2cccnc2N2CCOCC2)CCCCC1. The van der Waals surface area contributed by atoms with E-state index in [0.29, 0.717) is 26.2 Å². The van der Waals surface area contributed by atoms with Crippen molar-refractivity contribution in [3.05, 3.63) is 18.3 Å². The average Bonchev–Trinajstić information content (AvgIpc) is 2.63. The van der Waals surface area contributed by atoms with Gasteiger partial charge in [-0.15, -0.1) is 0 Å². The second-order valence-electron chi connectivity index (χ2n) is 6.96. The second kappa shape index (κ2) is 7.94. The van der Waals surface area contributed by atoms with Gasteiger partial charge in [-0.1, -0.05) is 19.3 Å². The summed E-state index contributed by atoms with van der Waals surface area (Å²) < 4.78 is 5.40. The highest BCUT2D eigenvalue weighted by Gasteiger charge is 2.33. The predicted octanol–water partition coefficient (Wildman–Crippen LogP) is 2.16.